The Morgan fingerprint density at radius 2 is 1.95 bits per heavy atom. The third kappa shape index (κ3) is 3.67. The number of thioether (sulfide) groups is 1. The number of hydrogen-bond acceptors (Lipinski definition) is 4. The Morgan fingerprint density at radius 3 is 2.58 bits per heavy atom. The molecule has 2 aromatic rings. The van der Waals surface area contributed by atoms with Crippen molar-refractivity contribution in [3.63, 3.8) is 0 Å². The summed E-state index contributed by atoms with van der Waals surface area (Å²) in [5, 5.41) is 4.98. The van der Waals surface area contributed by atoms with Gasteiger partial charge in [0.05, 0.1) is 11.4 Å². The van der Waals surface area contributed by atoms with E-state index < -0.39 is 0 Å². The van der Waals surface area contributed by atoms with Crippen molar-refractivity contribution in [1.29, 1.82) is 0 Å². The topological polar surface area (TPSA) is 47.8 Å². The Hall–Kier alpha value is -1.62. The minimum absolute atomic E-state index is 0.202. The lowest BCUT2D eigenvalue weighted by Gasteiger charge is -2.15. The summed E-state index contributed by atoms with van der Waals surface area (Å²) in [5.74, 6) is 0.607. The van der Waals surface area contributed by atoms with E-state index in [2.05, 4.69) is 10.1 Å². The molecule has 0 aliphatic carbocycles. The van der Waals surface area contributed by atoms with Gasteiger partial charge in [-0.15, -0.1) is 5.10 Å². The minimum atomic E-state index is -0.311. The number of ketones is 1. The monoisotopic (exact) mass is 275 g/mol. The molecule has 0 N–H and O–H groups in total. The second-order valence-electron chi connectivity index (χ2n) is 5.27. The second kappa shape index (κ2) is 5.57. The third-order valence-corrected chi connectivity index (χ3v) is 3.51. The highest BCUT2D eigenvalue weighted by Crippen LogP contribution is 2.21. The maximum Gasteiger partial charge on any atom is 0.209 e. The van der Waals surface area contributed by atoms with E-state index in [4.69, 9.17) is 0 Å². The molecule has 0 radical (unpaired) electrons. The minimum Gasteiger partial charge on any atom is -0.298 e. The molecule has 19 heavy (non-hydrogen) atoms. The molecule has 0 aliphatic heterocycles. The largest absolute Gasteiger partial charge is 0.298 e. The molecule has 0 saturated heterocycles. The lowest BCUT2D eigenvalue weighted by Crippen LogP contribution is -2.22. The van der Waals surface area contributed by atoms with E-state index in [9.17, 15) is 4.79 Å². The molecule has 0 saturated carbocycles. The molecule has 0 atom stereocenters. The number of para-hydroxylation sites is 1. The Labute approximate surface area is 117 Å². The Kier molecular flexibility index (Phi) is 4.04. The van der Waals surface area contributed by atoms with Crippen LogP contribution >= 0.6 is 11.8 Å². The van der Waals surface area contributed by atoms with Crippen LogP contribution in [0.5, 0.6) is 0 Å². The molecular weight excluding hydrogens is 258 g/mol. The van der Waals surface area contributed by atoms with Crippen molar-refractivity contribution in [3.8, 4) is 5.69 Å². The number of hydrogen-bond donors (Lipinski definition) is 0. The fraction of sp³-hybridized carbons (Fsp3) is 0.357. The van der Waals surface area contributed by atoms with Crippen LogP contribution in [0.1, 0.15) is 20.8 Å². The van der Waals surface area contributed by atoms with Gasteiger partial charge in [-0.1, -0.05) is 50.7 Å². The summed E-state index contributed by atoms with van der Waals surface area (Å²) in [6, 6.07) is 9.78. The SMILES string of the molecule is CC(C)(C)C(=O)CSc1ncn(-c2ccccc2)n1. The van der Waals surface area contributed by atoms with E-state index in [1.165, 1.54) is 11.8 Å². The second-order valence-corrected chi connectivity index (χ2v) is 6.21. The highest BCUT2D eigenvalue weighted by atomic mass is 32.2. The molecule has 5 heteroatoms. The van der Waals surface area contributed by atoms with Crippen LogP contribution in [0.25, 0.3) is 5.69 Å². The van der Waals surface area contributed by atoms with Crippen molar-refractivity contribution in [2.75, 3.05) is 5.75 Å². The average Bonchev–Trinajstić information content (AvgIpc) is 2.84. The first kappa shape index (κ1) is 13.8. The molecule has 0 bridgehead atoms. The fourth-order valence-corrected chi connectivity index (χ4v) is 2.33. The summed E-state index contributed by atoms with van der Waals surface area (Å²) in [6.07, 6.45) is 1.67. The van der Waals surface area contributed by atoms with Gasteiger partial charge in [-0.2, -0.15) is 0 Å². The fourth-order valence-electron chi connectivity index (χ4n) is 1.37. The van der Waals surface area contributed by atoms with Gasteiger partial charge in [0.15, 0.2) is 0 Å². The molecule has 4 nitrogen and oxygen atoms in total. The van der Waals surface area contributed by atoms with E-state index >= 15 is 0 Å². The Balaban J connectivity index is 2.01. The summed E-state index contributed by atoms with van der Waals surface area (Å²) < 4.78 is 1.71. The quantitative estimate of drug-likeness (QED) is 0.805. The van der Waals surface area contributed by atoms with Gasteiger partial charge in [0, 0.05) is 5.41 Å². The molecule has 0 unspecified atom stereocenters. The van der Waals surface area contributed by atoms with Crippen molar-refractivity contribution in [2.45, 2.75) is 25.9 Å². The number of rotatable bonds is 4. The lowest BCUT2D eigenvalue weighted by molar-refractivity contribution is -0.123. The molecule has 0 amide bonds. The van der Waals surface area contributed by atoms with Crippen molar-refractivity contribution in [2.24, 2.45) is 5.41 Å². The van der Waals surface area contributed by atoms with E-state index in [-0.39, 0.29) is 11.2 Å². The van der Waals surface area contributed by atoms with Crippen LogP contribution in [0, 0.1) is 5.41 Å². The first-order valence-corrected chi connectivity index (χ1v) is 7.08. The number of carbonyl (C=O) groups is 1. The molecule has 0 fully saturated rings. The van der Waals surface area contributed by atoms with Gasteiger partial charge in [-0.25, -0.2) is 9.67 Å². The predicted octanol–water partition coefficient (Wildman–Crippen LogP) is 2.97. The summed E-state index contributed by atoms with van der Waals surface area (Å²) in [5.41, 5.74) is 0.652. The standard InChI is InChI=1S/C14H17N3OS/c1-14(2,3)12(18)9-19-13-15-10-17(16-13)11-7-5-4-6-8-11/h4-8,10H,9H2,1-3H3. The molecular formula is C14H17N3OS. The van der Waals surface area contributed by atoms with Gasteiger partial charge in [0.1, 0.15) is 12.1 Å². The zero-order valence-electron chi connectivity index (χ0n) is 11.3. The summed E-state index contributed by atoms with van der Waals surface area (Å²) in [6.45, 7) is 5.77. The molecule has 0 aliphatic rings. The van der Waals surface area contributed by atoms with E-state index in [0.29, 0.717) is 10.9 Å². The molecule has 1 heterocycles. The van der Waals surface area contributed by atoms with Crippen molar-refractivity contribution in [3.05, 3.63) is 36.7 Å². The van der Waals surface area contributed by atoms with E-state index in [1.807, 2.05) is 51.1 Å². The zero-order chi connectivity index (χ0) is 13.9. The van der Waals surface area contributed by atoms with E-state index in [1.54, 1.807) is 11.0 Å². The van der Waals surface area contributed by atoms with Gasteiger partial charge in [-0.05, 0) is 12.1 Å². The number of aromatic nitrogens is 3. The van der Waals surface area contributed by atoms with Gasteiger partial charge < -0.3 is 0 Å². The van der Waals surface area contributed by atoms with Gasteiger partial charge in [0.2, 0.25) is 5.16 Å². The first-order valence-electron chi connectivity index (χ1n) is 6.10. The molecule has 2 rings (SSSR count). The van der Waals surface area contributed by atoms with Gasteiger partial charge in [-0.3, -0.25) is 4.79 Å². The third-order valence-electron chi connectivity index (χ3n) is 2.66. The molecule has 0 spiro atoms. The smallest absolute Gasteiger partial charge is 0.209 e. The van der Waals surface area contributed by atoms with Gasteiger partial charge in [0.25, 0.3) is 0 Å². The van der Waals surface area contributed by atoms with Crippen LogP contribution in [0.15, 0.2) is 41.8 Å². The highest BCUT2D eigenvalue weighted by Gasteiger charge is 2.21. The van der Waals surface area contributed by atoms with Crippen LogP contribution in [-0.4, -0.2) is 26.3 Å². The van der Waals surface area contributed by atoms with E-state index in [0.717, 1.165) is 5.69 Å². The number of benzene rings is 1. The number of Topliss-reactive ketones (excluding diaryl/α,β-unsaturated/α-hetero) is 1. The molecule has 1 aromatic heterocycles. The maximum atomic E-state index is 11.8. The summed E-state index contributed by atoms with van der Waals surface area (Å²) in [7, 11) is 0. The number of nitrogens with zero attached hydrogens (tertiary/aromatic N) is 3. The van der Waals surface area contributed by atoms with Crippen LogP contribution < -0.4 is 0 Å². The normalized spacial score (nSPS) is 11.5. The zero-order valence-corrected chi connectivity index (χ0v) is 12.1. The highest BCUT2D eigenvalue weighted by molar-refractivity contribution is 7.99. The number of carbonyl (C=O) groups excluding carboxylic acids is 1. The van der Waals surface area contributed by atoms with Gasteiger partial charge >= 0.3 is 0 Å². The Bertz CT molecular complexity index is 558. The van der Waals surface area contributed by atoms with Crippen molar-refractivity contribution in [1.82, 2.24) is 14.8 Å². The molecule has 1 aromatic carbocycles. The van der Waals surface area contributed by atoms with Crippen LogP contribution in [-0.2, 0) is 4.79 Å². The van der Waals surface area contributed by atoms with Crippen molar-refractivity contribution >= 4 is 17.5 Å². The Morgan fingerprint density at radius 1 is 1.26 bits per heavy atom. The maximum absolute atomic E-state index is 11.8. The van der Waals surface area contributed by atoms with Crippen molar-refractivity contribution < 1.29 is 4.79 Å². The van der Waals surface area contributed by atoms with Crippen LogP contribution in [0.4, 0.5) is 0 Å². The molecule has 100 valence electrons. The lowest BCUT2D eigenvalue weighted by atomic mass is 9.92. The first-order chi connectivity index (χ1) is 8.97. The predicted molar refractivity (Wildman–Crippen MR) is 76.5 cm³/mol. The summed E-state index contributed by atoms with van der Waals surface area (Å²) >= 11 is 1.38. The summed E-state index contributed by atoms with van der Waals surface area (Å²) in [4.78, 5) is 16.0. The van der Waals surface area contributed by atoms with Crippen LogP contribution in [0.3, 0.4) is 0 Å². The average molecular weight is 275 g/mol. The van der Waals surface area contributed by atoms with Crippen LogP contribution in [0.2, 0.25) is 0 Å².